The second kappa shape index (κ2) is 5.84. The van der Waals surface area contributed by atoms with Gasteiger partial charge in [0.25, 0.3) is 0 Å². The zero-order valence-corrected chi connectivity index (χ0v) is 10.4. The average molecular weight is 252 g/mol. The van der Waals surface area contributed by atoms with Crippen LogP contribution >= 0.6 is 11.6 Å². The van der Waals surface area contributed by atoms with Crippen LogP contribution in [0.3, 0.4) is 0 Å². The van der Waals surface area contributed by atoms with Crippen LogP contribution in [0.5, 0.6) is 0 Å². The molecule has 1 aromatic rings. The summed E-state index contributed by atoms with van der Waals surface area (Å²) < 4.78 is 0. The van der Waals surface area contributed by atoms with Crippen molar-refractivity contribution in [2.45, 2.75) is 12.5 Å². The predicted molar refractivity (Wildman–Crippen MR) is 69.3 cm³/mol. The van der Waals surface area contributed by atoms with Crippen molar-refractivity contribution in [3.05, 3.63) is 47.5 Å². The van der Waals surface area contributed by atoms with E-state index in [1.165, 1.54) is 0 Å². The van der Waals surface area contributed by atoms with Crippen LogP contribution in [-0.4, -0.2) is 24.9 Å². The summed E-state index contributed by atoms with van der Waals surface area (Å²) in [5.41, 5.74) is 1.91. The number of hydrogen-bond donors (Lipinski definition) is 1. The molecule has 17 heavy (non-hydrogen) atoms. The lowest BCUT2D eigenvalue weighted by molar-refractivity contribution is -0.652. The Bertz CT molecular complexity index is 431. The topological polar surface area (TPSA) is 38.2 Å². The van der Waals surface area contributed by atoms with E-state index < -0.39 is 0 Å². The maximum absolute atomic E-state index is 6.12. The number of hydrogen-bond acceptors (Lipinski definition) is 2. The van der Waals surface area contributed by atoms with E-state index in [9.17, 15) is 0 Å². The summed E-state index contributed by atoms with van der Waals surface area (Å²) in [6.45, 7) is 5.48. The van der Waals surface area contributed by atoms with Gasteiger partial charge < -0.3 is 10.2 Å². The van der Waals surface area contributed by atoms with Crippen molar-refractivity contribution in [1.29, 1.82) is 0 Å². The first-order valence-corrected chi connectivity index (χ1v) is 6.09. The van der Waals surface area contributed by atoms with Crippen LogP contribution in [-0.2, 0) is 4.84 Å². The molecule has 1 heterocycles. The van der Waals surface area contributed by atoms with Crippen molar-refractivity contribution in [1.82, 2.24) is 0 Å². The van der Waals surface area contributed by atoms with E-state index in [2.05, 4.69) is 17.1 Å². The molecular formula is C13H16ClN2O+. The largest absolute Gasteiger partial charge is 0.386 e. The van der Waals surface area contributed by atoms with Crippen LogP contribution in [0.25, 0.3) is 0 Å². The zero-order chi connectivity index (χ0) is 12.1. The second-order valence-electron chi connectivity index (χ2n) is 4.00. The van der Waals surface area contributed by atoms with Crippen LogP contribution in [0.4, 0.5) is 0 Å². The quantitative estimate of drug-likeness (QED) is 0.626. The third-order valence-electron chi connectivity index (χ3n) is 2.68. The van der Waals surface area contributed by atoms with Crippen molar-refractivity contribution in [3.63, 3.8) is 0 Å². The Balaban J connectivity index is 1.93. The van der Waals surface area contributed by atoms with Gasteiger partial charge in [0.1, 0.15) is 6.54 Å². The molecule has 1 aliphatic heterocycles. The fourth-order valence-corrected chi connectivity index (χ4v) is 2.05. The third kappa shape index (κ3) is 3.08. The van der Waals surface area contributed by atoms with Gasteiger partial charge in [0, 0.05) is 17.0 Å². The highest BCUT2D eigenvalue weighted by Gasteiger charge is 2.24. The molecule has 0 saturated heterocycles. The fraction of sp³-hybridized carbons (Fsp3) is 0.308. The Morgan fingerprint density at radius 2 is 2.35 bits per heavy atom. The van der Waals surface area contributed by atoms with Gasteiger partial charge in [0.05, 0.1) is 12.3 Å². The molecule has 1 aromatic carbocycles. The molecular weight excluding hydrogens is 236 g/mol. The fourth-order valence-electron chi connectivity index (χ4n) is 1.81. The average Bonchev–Trinajstić information content (AvgIpc) is 2.79. The number of benzene rings is 1. The molecule has 0 amide bonds. The highest BCUT2D eigenvalue weighted by atomic mass is 35.5. The minimum Gasteiger partial charge on any atom is -0.386 e. The minimum atomic E-state index is 0.140. The summed E-state index contributed by atoms with van der Waals surface area (Å²) in [6.07, 6.45) is 2.84. The molecule has 0 radical (unpaired) electrons. The molecule has 0 aliphatic carbocycles. The highest BCUT2D eigenvalue weighted by Crippen LogP contribution is 2.22. The SMILES string of the molecule is C=CC[NH2+]C[C@H]1CC(c2ccccc2Cl)=NO1. The van der Waals surface area contributed by atoms with Gasteiger partial charge in [-0.1, -0.05) is 41.5 Å². The Kier molecular flexibility index (Phi) is 4.18. The van der Waals surface area contributed by atoms with E-state index >= 15 is 0 Å². The molecule has 4 heteroatoms. The molecule has 90 valence electrons. The summed E-state index contributed by atoms with van der Waals surface area (Å²) >= 11 is 6.12. The molecule has 0 unspecified atom stereocenters. The van der Waals surface area contributed by atoms with E-state index in [0.29, 0.717) is 0 Å². The molecule has 1 aliphatic rings. The predicted octanol–water partition coefficient (Wildman–Crippen LogP) is 1.58. The molecule has 2 N–H and O–H groups in total. The summed E-state index contributed by atoms with van der Waals surface area (Å²) in [5, 5.41) is 7.00. The lowest BCUT2D eigenvalue weighted by Gasteiger charge is -2.05. The lowest BCUT2D eigenvalue weighted by Crippen LogP contribution is -2.86. The Labute approximate surface area is 106 Å². The third-order valence-corrected chi connectivity index (χ3v) is 3.01. The van der Waals surface area contributed by atoms with Crippen LogP contribution in [0.2, 0.25) is 5.02 Å². The molecule has 1 atom stereocenters. The van der Waals surface area contributed by atoms with E-state index in [1.807, 2.05) is 30.3 Å². The monoisotopic (exact) mass is 251 g/mol. The van der Waals surface area contributed by atoms with Gasteiger partial charge in [-0.2, -0.15) is 0 Å². The molecule has 2 rings (SSSR count). The van der Waals surface area contributed by atoms with Gasteiger partial charge in [-0.05, 0) is 12.1 Å². The normalized spacial score (nSPS) is 18.6. The van der Waals surface area contributed by atoms with Crippen molar-refractivity contribution in [2.24, 2.45) is 5.16 Å². The van der Waals surface area contributed by atoms with Crippen LogP contribution in [0.1, 0.15) is 12.0 Å². The first-order valence-electron chi connectivity index (χ1n) is 5.71. The Hall–Kier alpha value is -1.32. The summed E-state index contributed by atoms with van der Waals surface area (Å²) in [7, 11) is 0. The van der Waals surface area contributed by atoms with Gasteiger partial charge in [0.2, 0.25) is 0 Å². The van der Waals surface area contributed by atoms with Gasteiger partial charge in [-0.3, -0.25) is 0 Å². The maximum Gasteiger partial charge on any atom is 0.181 e. The van der Waals surface area contributed by atoms with E-state index in [-0.39, 0.29) is 6.10 Å². The van der Waals surface area contributed by atoms with Gasteiger partial charge in [0.15, 0.2) is 6.10 Å². The van der Waals surface area contributed by atoms with Crippen LogP contribution < -0.4 is 5.32 Å². The smallest absolute Gasteiger partial charge is 0.181 e. The molecule has 0 fully saturated rings. The van der Waals surface area contributed by atoms with E-state index in [0.717, 1.165) is 35.8 Å². The van der Waals surface area contributed by atoms with Crippen molar-refractivity contribution in [3.8, 4) is 0 Å². The van der Waals surface area contributed by atoms with Crippen LogP contribution in [0.15, 0.2) is 42.1 Å². The first kappa shape index (κ1) is 12.1. The van der Waals surface area contributed by atoms with Gasteiger partial charge in [-0.15, -0.1) is 0 Å². The Morgan fingerprint density at radius 3 is 3.12 bits per heavy atom. The van der Waals surface area contributed by atoms with Crippen LogP contribution in [0, 0.1) is 0 Å². The molecule has 0 spiro atoms. The number of nitrogens with two attached hydrogens (primary N) is 1. The summed E-state index contributed by atoms with van der Waals surface area (Å²) in [5.74, 6) is 0. The standard InChI is InChI=1S/C13H15ClN2O/c1-2-7-15-9-10-8-13(16-17-10)11-5-3-4-6-12(11)14/h2-6,10,15H,1,7-9H2/p+1/t10-/m1/s1. The van der Waals surface area contributed by atoms with Crippen molar-refractivity contribution >= 4 is 17.3 Å². The second-order valence-corrected chi connectivity index (χ2v) is 4.41. The van der Waals surface area contributed by atoms with Gasteiger partial charge >= 0.3 is 0 Å². The van der Waals surface area contributed by atoms with Crippen molar-refractivity contribution in [2.75, 3.05) is 13.1 Å². The number of halogens is 1. The molecule has 0 saturated carbocycles. The zero-order valence-electron chi connectivity index (χ0n) is 9.60. The summed E-state index contributed by atoms with van der Waals surface area (Å²) in [4.78, 5) is 5.39. The highest BCUT2D eigenvalue weighted by molar-refractivity contribution is 6.34. The number of oxime groups is 1. The van der Waals surface area contributed by atoms with E-state index in [4.69, 9.17) is 16.4 Å². The molecule has 3 nitrogen and oxygen atoms in total. The molecule has 0 aromatic heterocycles. The number of rotatable bonds is 5. The molecule has 0 bridgehead atoms. The number of nitrogens with zero attached hydrogens (tertiary/aromatic N) is 1. The lowest BCUT2D eigenvalue weighted by atomic mass is 10.1. The van der Waals surface area contributed by atoms with E-state index in [1.54, 1.807) is 0 Å². The van der Waals surface area contributed by atoms with Crippen molar-refractivity contribution < 1.29 is 10.2 Å². The summed E-state index contributed by atoms with van der Waals surface area (Å²) in [6, 6.07) is 7.72. The minimum absolute atomic E-state index is 0.140. The number of quaternary nitrogens is 1. The Morgan fingerprint density at radius 1 is 1.53 bits per heavy atom. The maximum atomic E-state index is 6.12. The first-order chi connectivity index (χ1) is 8.31. The van der Waals surface area contributed by atoms with Gasteiger partial charge in [-0.25, -0.2) is 0 Å².